The second-order valence-corrected chi connectivity index (χ2v) is 7.72. The SMILES string of the molecule is O=C(O)CCc1oc(SC2CCCCC2)nc1-c1ccc(Cl)cc1. The van der Waals surface area contributed by atoms with Crippen LogP contribution in [0.15, 0.2) is 33.9 Å². The Bertz CT molecular complexity index is 693. The number of hydrogen-bond acceptors (Lipinski definition) is 4. The highest BCUT2D eigenvalue weighted by molar-refractivity contribution is 7.99. The third kappa shape index (κ3) is 4.54. The fourth-order valence-electron chi connectivity index (χ4n) is 2.93. The highest BCUT2D eigenvalue weighted by Gasteiger charge is 2.21. The van der Waals surface area contributed by atoms with Gasteiger partial charge < -0.3 is 9.52 Å². The van der Waals surface area contributed by atoms with Gasteiger partial charge in [-0.2, -0.15) is 0 Å². The van der Waals surface area contributed by atoms with Gasteiger partial charge in [0.2, 0.25) is 0 Å². The van der Waals surface area contributed by atoms with Crippen LogP contribution in [0.3, 0.4) is 0 Å². The largest absolute Gasteiger partial charge is 0.481 e. The van der Waals surface area contributed by atoms with Gasteiger partial charge in [-0.25, -0.2) is 4.98 Å². The number of benzene rings is 1. The normalized spacial score (nSPS) is 15.5. The van der Waals surface area contributed by atoms with E-state index in [4.69, 9.17) is 21.1 Å². The number of thioether (sulfide) groups is 1. The molecule has 0 spiro atoms. The molecule has 1 aliphatic rings. The maximum atomic E-state index is 10.9. The van der Waals surface area contributed by atoms with Crippen molar-refractivity contribution in [1.29, 1.82) is 0 Å². The highest BCUT2D eigenvalue weighted by atomic mass is 35.5. The summed E-state index contributed by atoms with van der Waals surface area (Å²) in [5.41, 5.74) is 1.63. The maximum Gasteiger partial charge on any atom is 0.303 e. The second-order valence-electron chi connectivity index (χ2n) is 6.03. The molecule has 0 radical (unpaired) electrons. The van der Waals surface area contributed by atoms with Crippen LogP contribution >= 0.6 is 23.4 Å². The number of aliphatic carboxylic acids is 1. The zero-order valence-corrected chi connectivity index (χ0v) is 14.9. The van der Waals surface area contributed by atoms with Crippen LogP contribution in [0.5, 0.6) is 0 Å². The number of carbonyl (C=O) groups is 1. The third-order valence-corrected chi connectivity index (χ3v) is 5.61. The van der Waals surface area contributed by atoms with Crippen molar-refractivity contribution in [2.24, 2.45) is 0 Å². The van der Waals surface area contributed by atoms with Crippen molar-refractivity contribution in [1.82, 2.24) is 4.98 Å². The molecule has 1 aliphatic carbocycles. The van der Waals surface area contributed by atoms with Crippen LogP contribution in [0.1, 0.15) is 44.3 Å². The lowest BCUT2D eigenvalue weighted by Crippen LogP contribution is -2.07. The van der Waals surface area contributed by atoms with Crippen molar-refractivity contribution in [3.05, 3.63) is 35.0 Å². The van der Waals surface area contributed by atoms with Crippen LogP contribution in [0.25, 0.3) is 11.3 Å². The number of aryl methyl sites for hydroxylation is 1. The van der Waals surface area contributed by atoms with Crippen molar-refractivity contribution in [3.63, 3.8) is 0 Å². The Morgan fingerprint density at radius 3 is 2.62 bits per heavy atom. The Hall–Kier alpha value is -1.46. The number of halogens is 1. The first-order valence-corrected chi connectivity index (χ1v) is 9.51. The van der Waals surface area contributed by atoms with Gasteiger partial charge in [0.25, 0.3) is 5.22 Å². The molecule has 3 rings (SSSR count). The first-order chi connectivity index (χ1) is 11.6. The standard InChI is InChI=1S/C18H20ClNO3S/c19-13-8-6-12(7-9-13)17-15(10-11-16(21)22)23-18(20-17)24-14-4-2-1-3-5-14/h6-9,14H,1-5,10-11H2,(H,21,22). The molecule has 0 unspecified atom stereocenters. The zero-order chi connectivity index (χ0) is 16.9. The lowest BCUT2D eigenvalue weighted by molar-refractivity contribution is -0.137. The number of rotatable bonds is 6. The molecule has 1 fully saturated rings. The highest BCUT2D eigenvalue weighted by Crippen LogP contribution is 2.36. The topological polar surface area (TPSA) is 63.3 Å². The van der Waals surface area contributed by atoms with Crippen molar-refractivity contribution >= 4 is 29.3 Å². The Kier molecular flexibility index (Phi) is 5.85. The Morgan fingerprint density at radius 1 is 1.25 bits per heavy atom. The number of nitrogens with zero attached hydrogens (tertiary/aromatic N) is 1. The predicted molar refractivity (Wildman–Crippen MR) is 95.6 cm³/mol. The van der Waals surface area contributed by atoms with E-state index in [1.54, 1.807) is 23.9 Å². The molecule has 128 valence electrons. The first kappa shape index (κ1) is 17.4. The molecule has 0 saturated heterocycles. The summed E-state index contributed by atoms with van der Waals surface area (Å²) in [5, 5.41) is 10.8. The molecule has 24 heavy (non-hydrogen) atoms. The molecule has 4 nitrogen and oxygen atoms in total. The molecule has 1 heterocycles. The number of hydrogen-bond donors (Lipinski definition) is 1. The molecule has 0 atom stereocenters. The van der Waals surface area contributed by atoms with Gasteiger partial charge in [0, 0.05) is 22.3 Å². The molecule has 1 aromatic heterocycles. The molecule has 1 aromatic carbocycles. The quantitative estimate of drug-likeness (QED) is 0.738. The van der Waals surface area contributed by atoms with Crippen LogP contribution in [-0.2, 0) is 11.2 Å². The minimum Gasteiger partial charge on any atom is -0.481 e. The lowest BCUT2D eigenvalue weighted by atomic mass is 10.0. The molecular formula is C18H20ClNO3S. The minimum absolute atomic E-state index is 0.0311. The van der Waals surface area contributed by atoms with Crippen LogP contribution in [-0.4, -0.2) is 21.3 Å². The van der Waals surface area contributed by atoms with E-state index < -0.39 is 5.97 Å². The Morgan fingerprint density at radius 2 is 1.96 bits per heavy atom. The van der Waals surface area contributed by atoms with Crippen molar-refractivity contribution in [3.8, 4) is 11.3 Å². The van der Waals surface area contributed by atoms with Gasteiger partial charge in [-0.15, -0.1) is 0 Å². The van der Waals surface area contributed by atoms with Gasteiger partial charge in [0.1, 0.15) is 11.5 Å². The average molecular weight is 366 g/mol. The van der Waals surface area contributed by atoms with Crippen LogP contribution < -0.4 is 0 Å². The van der Waals surface area contributed by atoms with Gasteiger partial charge in [-0.3, -0.25) is 4.79 Å². The summed E-state index contributed by atoms with van der Waals surface area (Å²) in [6, 6.07) is 7.39. The minimum atomic E-state index is -0.838. The van der Waals surface area contributed by atoms with Gasteiger partial charge in [0.05, 0.1) is 6.42 Å². The van der Waals surface area contributed by atoms with E-state index in [9.17, 15) is 4.79 Å². The fourth-order valence-corrected chi connectivity index (χ4v) is 4.20. The van der Waals surface area contributed by atoms with Crippen LogP contribution in [0, 0.1) is 0 Å². The van der Waals surface area contributed by atoms with E-state index in [1.165, 1.54) is 32.1 Å². The Balaban J connectivity index is 1.83. The smallest absolute Gasteiger partial charge is 0.303 e. The van der Waals surface area contributed by atoms with E-state index in [2.05, 4.69) is 4.98 Å². The number of aromatic nitrogens is 1. The number of carboxylic acids is 1. The monoisotopic (exact) mass is 365 g/mol. The summed E-state index contributed by atoms with van der Waals surface area (Å²) in [7, 11) is 0. The lowest BCUT2D eigenvalue weighted by Gasteiger charge is -2.18. The summed E-state index contributed by atoms with van der Waals surface area (Å²) in [6.45, 7) is 0. The average Bonchev–Trinajstić information content (AvgIpc) is 2.97. The van der Waals surface area contributed by atoms with Gasteiger partial charge in [-0.1, -0.05) is 54.8 Å². The van der Waals surface area contributed by atoms with E-state index in [0.717, 1.165) is 11.3 Å². The molecule has 6 heteroatoms. The van der Waals surface area contributed by atoms with Gasteiger partial charge in [-0.05, 0) is 25.0 Å². The van der Waals surface area contributed by atoms with Crippen LogP contribution in [0.4, 0.5) is 0 Å². The zero-order valence-electron chi connectivity index (χ0n) is 13.3. The van der Waals surface area contributed by atoms with E-state index >= 15 is 0 Å². The summed E-state index contributed by atoms with van der Waals surface area (Å²) >= 11 is 7.63. The maximum absolute atomic E-state index is 10.9. The fraction of sp³-hybridized carbons (Fsp3) is 0.444. The van der Waals surface area contributed by atoms with Crippen molar-refractivity contribution in [2.75, 3.05) is 0 Å². The summed E-state index contributed by atoms with van der Waals surface area (Å²) < 4.78 is 5.91. The Labute approximate surface area is 150 Å². The van der Waals surface area contributed by atoms with Crippen LogP contribution in [0.2, 0.25) is 5.02 Å². The second kappa shape index (κ2) is 8.08. The number of carboxylic acid groups (broad SMARTS) is 1. The first-order valence-electron chi connectivity index (χ1n) is 8.26. The van der Waals surface area contributed by atoms with Crippen molar-refractivity contribution in [2.45, 2.75) is 55.4 Å². The third-order valence-electron chi connectivity index (χ3n) is 4.18. The molecular weight excluding hydrogens is 346 g/mol. The predicted octanol–water partition coefficient (Wildman–Crippen LogP) is 5.44. The summed E-state index contributed by atoms with van der Waals surface area (Å²) in [4.78, 5) is 15.5. The van der Waals surface area contributed by atoms with E-state index in [1.807, 2.05) is 12.1 Å². The summed E-state index contributed by atoms with van der Waals surface area (Å²) in [5.74, 6) is -0.201. The molecule has 0 amide bonds. The number of oxazole rings is 1. The molecule has 1 N–H and O–H groups in total. The van der Waals surface area contributed by atoms with E-state index in [-0.39, 0.29) is 6.42 Å². The van der Waals surface area contributed by atoms with Gasteiger partial charge in [0.15, 0.2) is 0 Å². The molecule has 1 saturated carbocycles. The molecule has 0 aliphatic heterocycles. The summed E-state index contributed by atoms with van der Waals surface area (Å²) in [6.07, 6.45) is 6.57. The molecule has 0 bridgehead atoms. The van der Waals surface area contributed by atoms with Gasteiger partial charge >= 0.3 is 5.97 Å². The molecule has 2 aromatic rings. The van der Waals surface area contributed by atoms with E-state index in [0.29, 0.717) is 27.7 Å². The van der Waals surface area contributed by atoms with Crippen molar-refractivity contribution < 1.29 is 14.3 Å².